The van der Waals surface area contributed by atoms with Gasteiger partial charge in [-0.1, -0.05) is 35.3 Å². The fraction of sp³-hybridized carbons (Fsp3) is 0.150. The van der Waals surface area contributed by atoms with Crippen LogP contribution in [0.3, 0.4) is 0 Å². The zero-order valence-corrected chi connectivity index (χ0v) is 17.2. The summed E-state index contributed by atoms with van der Waals surface area (Å²) in [4.78, 5) is 30.5. The number of amides is 2. The minimum Gasteiger partial charge on any atom is -0.312 e. The van der Waals surface area contributed by atoms with E-state index < -0.39 is 0 Å². The van der Waals surface area contributed by atoms with E-state index in [1.165, 1.54) is 17.4 Å². The number of hydrogen-bond donors (Lipinski definition) is 1. The van der Waals surface area contributed by atoms with E-state index in [-0.39, 0.29) is 11.8 Å². The van der Waals surface area contributed by atoms with E-state index in [9.17, 15) is 9.59 Å². The van der Waals surface area contributed by atoms with Crippen molar-refractivity contribution in [3.05, 3.63) is 63.0 Å². The average molecular weight is 432 g/mol. The first-order valence-corrected chi connectivity index (χ1v) is 10.2. The molecule has 1 aromatic heterocycles. The first-order chi connectivity index (χ1) is 13.4. The van der Waals surface area contributed by atoms with Crippen molar-refractivity contribution in [1.29, 1.82) is 0 Å². The third-order valence-corrected chi connectivity index (χ3v) is 6.06. The molecule has 0 bridgehead atoms. The Balaban J connectivity index is 1.55. The number of carbonyl (C=O) groups is 2. The first-order valence-electron chi connectivity index (χ1n) is 8.55. The molecule has 2 aromatic carbocycles. The second kappa shape index (κ2) is 7.54. The predicted octanol–water partition coefficient (Wildman–Crippen LogP) is 5.28. The van der Waals surface area contributed by atoms with Crippen LogP contribution in [0.4, 0.5) is 10.8 Å². The summed E-state index contributed by atoms with van der Waals surface area (Å²) in [7, 11) is 0. The molecule has 0 atom stereocenters. The summed E-state index contributed by atoms with van der Waals surface area (Å²) < 4.78 is 0. The molecule has 4 rings (SSSR count). The maximum absolute atomic E-state index is 12.4. The van der Waals surface area contributed by atoms with Crippen molar-refractivity contribution in [2.75, 3.05) is 16.8 Å². The molecular weight excluding hydrogens is 417 g/mol. The van der Waals surface area contributed by atoms with E-state index in [1.54, 1.807) is 24.0 Å². The molecule has 8 heteroatoms. The van der Waals surface area contributed by atoms with Gasteiger partial charge in [0.05, 0.1) is 15.7 Å². The molecule has 0 saturated heterocycles. The highest BCUT2D eigenvalue weighted by Crippen LogP contribution is 2.34. The van der Waals surface area contributed by atoms with Gasteiger partial charge in [0, 0.05) is 35.7 Å². The zero-order chi connectivity index (χ0) is 19.8. The molecular formula is C20H15Cl2N3O2S. The molecule has 0 fully saturated rings. The summed E-state index contributed by atoms with van der Waals surface area (Å²) in [6, 6.07) is 10.7. The first kappa shape index (κ1) is 18.9. The standard InChI is InChI=1S/C20H15Cl2N3O2S/c1-11(26)25-7-6-12-2-3-13(9-18(12)25)17-10-28-20(23-17)24-19(27)14-4-5-15(21)16(22)8-14/h2-5,8-10H,6-7H2,1H3,(H,23,24,27). The number of aromatic nitrogens is 1. The lowest BCUT2D eigenvalue weighted by atomic mass is 10.1. The number of nitrogens with zero attached hydrogens (tertiary/aromatic N) is 2. The Morgan fingerprint density at radius 1 is 1.14 bits per heavy atom. The number of anilines is 2. The average Bonchev–Trinajstić information content (AvgIpc) is 3.30. The van der Waals surface area contributed by atoms with Crippen LogP contribution in [0.1, 0.15) is 22.8 Å². The van der Waals surface area contributed by atoms with Crippen LogP contribution in [0.25, 0.3) is 11.3 Å². The Morgan fingerprint density at radius 3 is 2.71 bits per heavy atom. The van der Waals surface area contributed by atoms with Crippen molar-refractivity contribution in [2.24, 2.45) is 0 Å². The lowest BCUT2D eigenvalue weighted by Gasteiger charge is -2.15. The summed E-state index contributed by atoms with van der Waals surface area (Å²) in [5.41, 5.74) is 4.13. The SMILES string of the molecule is CC(=O)N1CCc2ccc(-c3csc(NC(=O)c4ccc(Cl)c(Cl)c4)n3)cc21. The van der Waals surface area contributed by atoms with Gasteiger partial charge in [-0.25, -0.2) is 4.98 Å². The number of carbonyl (C=O) groups excluding carboxylic acids is 2. The Morgan fingerprint density at radius 2 is 1.96 bits per heavy atom. The van der Waals surface area contributed by atoms with E-state index in [1.807, 2.05) is 23.6 Å². The smallest absolute Gasteiger partial charge is 0.257 e. The molecule has 28 heavy (non-hydrogen) atoms. The van der Waals surface area contributed by atoms with E-state index in [2.05, 4.69) is 10.3 Å². The summed E-state index contributed by atoms with van der Waals surface area (Å²) in [5, 5.41) is 5.85. The minimum atomic E-state index is -0.309. The highest BCUT2D eigenvalue weighted by molar-refractivity contribution is 7.14. The summed E-state index contributed by atoms with van der Waals surface area (Å²) in [6.07, 6.45) is 0.858. The molecule has 0 unspecified atom stereocenters. The Bertz CT molecular complexity index is 1100. The molecule has 142 valence electrons. The number of fused-ring (bicyclic) bond motifs is 1. The van der Waals surface area contributed by atoms with Crippen LogP contribution >= 0.6 is 34.5 Å². The van der Waals surface area contributed by atoms with Crippen molar-refractivity contribution in [3.63, 3.8) is 0 Å². The third kappa shape index (κ3) is 3.63. The topological polar surface area (TPSA) is 62.3 Å². The Labute approximate surface area is 175 Å². The van der Waals surface area contributed by atoms with Gasteiger partial charge in [0.1, 0.15) is 0 Å². The maximum Gasteiger partial charge on any atom is 0.257 e. The summed E-state index contributed by atoms with van der Waals surface area (Å²) in [6.45, 7) is 2.28. The van der Waals surface area contributed by atoms with Crippen molar-refractivity contribution in [3.8, 4) is 11.3 Å². The van der Waals surface area contributed by atoms with Crippen LogP contribution in [-0.4, -0.2) is 23.3 Å². The molecule has 5 nitrogen and oxygen atoms in total. The Kier molecular flexibility index (Phi) is 5.10. The van der Waals surface area contributed by atoms with Crippen molar-refractivity contribution in [2.45, 2.75) is 13.3 Å². The van der Waals surface area contributed by atoms with Crippen LogP contribution in [0, 0.1) is 0 Å². The monoisotopic (exact) mass is 431 g/mol. The number of rotatable bonds is 3. The molecule has 0 spiro atoms. The Hall–Kier alpha value is -2.41. The van der Waals surface area contributed by atoms with Gasteiger partial charge < -0.3 is 4.90 Å². The molecule has 3 aromatic rings. The lowest BCUT2D eigenvalue weighted by Crippen LogP contribution is -2.25. The molecule has 0 radical (unpaired) electrons. The van der Waals surface area contributed by atoms with Gasteiger partial charge in [-0.05, 0) is 36.2 Å². The van der Waals surface area contributed by atoms with Crippen LogP contribution in [0.5, 0.6) is 0 Å². The number of thiazole rings is 1. The van der Waals surface area contributed by atoms with Gasteiger partial charge in [0.15, 0.2) is 5.13 Å². The summed E-state index contributed by atoms with van der Waals surface area (Å²) >= 11 is 13.2. The fourth-order valence-corrected chi connectivity index (χ4v) is 4.15. The number of hydrogen-bond acceptors (Lipinski definition) is 4. The number of nitrogens with one attached hydrogen (secondary N) is 1. The van der Waals surface area contributed by atoms with Crippen LogP contribution in [0.2, 0.25) is 10.0 Å². The fourth-order valence-electron chi connectivity index (χ4n) is 3.14. The number of benzene rings is 2. The van der Waals surface area contributed by atoms with Gasteiger partial charge >= 0.3 is 0 Å². The highest BCUT2D eigenvalue weighted by atomic mass is 35.5. The predicted molar refractivity (Wildman–Crippen MR) is 114 cm³/mol. The van der Waals surface area contributed by atoms with Crippen molar-refractivity contribution < 1.29 is 9.59 Å². The van der Waals surface area contributed by atoms with Crippen LogP contribution in [-0.2, 0) is 11.2 Å². The lowest BCUT2D eigenvalue weighted by molar-refractivity contribution is -0.116. The van der Waals surface area contributed by atoms with Crippen molar-refractivity contribution in [1.82, 2.24) is 4.98 Å². The van der Waals surface area contributed by atoms with Gasteiger partial charge in [-0.3, -0.25) is 14.9 Å². The minimum absolute atomic E-state index is 0.0313. The highest BCUT2D eigenvalue weighted by Gasteiger charge is 2.23. The van der Waals surface area contributed by atoms with E-state index >= 15 is 0 Å². The van der Waals surface area contributed by atoms with Gasteiger partial charge in [0.25, 0.3) is 5.91 Å². The zero-order valence-electron chi connectivity index (χ0n) is 14.8. The molecule has 0 aliphatic carbocycles. The van der Waals surface area contributed by atoms with Crippen LogP contribution in [0.15, 0.2) is 41.8 Å². The molecule has 1 aliphatic heterocycles. The quantitative estimate of drug-likeness (QED) is 0.613. The van der Waals surface area contributed by atoms with E-state index in [0.29, 0.717) is 27.3 Å². The molecule has 2 heterocycles. The van der Waals surface area contributed by atoms with Gasteiger partial charge in [0.2, 0.25) is 5.91 Å². The van der Waals surface area contributed by atoms with Crippen molar-refractivity contribution >= 4 is 57.2 Å². The second-order valence-corrected chi connectivity index (χ2v) is 8.06. The van der Waals surface area contributed by atoms with Gasteiger partial charge in [-0.2, -0.15) is 0 Å². The van der Waals surface area contributed by atoms with Crippen LogP contribution < -0.4 is 10.2 Å². The molecule has 0 saturated carbocycles. The van der Waals surface area contributed by atoms with E-state index in [0.717, 1.165) is 28.9 Å². The third-order valence-electron chi connectivity index (χ3n) is 4.56. The van der Waals surface area contributed by atoms with E-state index in [4.69, 9.17) is 23.2 Å². The number of halogens is 2. The largest absolute Gasteiger partial charge is 0.312 e. The normalized spacial score (nSPS) is 12.8. The molecule has 1 N–H and O–H groups in total. The second-order valence-electron chi connectivity index (χ2n) is 6.39. The summed E-state index contributed by atoms with van der Waals surface area (Å²) in [5.74, 6) is -0.278. The molecule has 2 amide bonds. The van der Waals surface area contributed by atoms with Gasteiger partial charge in [-0.15, -0.1) is 11.3 Å². The maximum atomic E-state index is 12.4. The molecule has 1 aliphatic rings.